The van der Waals surface area contributed by atoms with Gasteiger partial charge in [-0.2, -0.15) is 0 Å². The van der Waals surface area contributed by atoms with E-state index in [-0.39, 0.29) is 6.04 Å². The molecule has 2 atom stereocenters. The van der Waals surface area contributed by atoms with Crippen molar-refractivity contribution in [3.8, 4) is 0 Å². The summed E-state index contributed by atoms with van der Waals surface area (Å²) in [6.07, 6.45) is 1.17. The fourth-order valence-corrected chi connectivity index (χ4v) is 1.45. The standard InChI is InChI=1S/C10H24N2O/c1-5-9(3)12(6-2)7-10(11)8-13-4/h9-10H,5-8,11H2,1-4H3. The lowest BCUT2D eigenvalue weighted by atomic mass is 10.2. The molecule has 0 spiro atoms. The zero-order valence-corrected chi connectivity index (χ0v) is 9.42. The Kier molecular flexibility index (Phi) is 7.23. The average molecular weight is 188 g/mol. The van der Waals surface area contributed by atoms with Crippen LogP contribution in [0.3, 0.4) is 0 Å². The van der Waals surface area contributed by atoms with E-state index in [9.17, 15) is 0 Å². The van der Waals surface area contributed by atoms with Crippen molar-refractivity contribution in [3.63, 3.8) is 0 Å². The van der Waals surface area contributed by atoms with E-state index < -0.39 is 0 Å². The minimum absolute atomic E-state index is 0.138. The van der Waals surface area contributed by atoms with Crippen molar-refractivity contribution in [2.75, 3.05) is 26.8 Å². The van der Waals surface area contributed by atoms with Crippen LogP contribution in [0.4, 0.5) is 0 Å². The van der Waals surface area contributed by atoms with Crippen molar-refractivity contribution in [1.82, 2.24) is 4.90 Å². The van der Waals surface area contributed by atoms with Crippen LogP contribution in [0.5, 0.6) is 0 Å². The van der Waals surface area contributed by atoms with Gasteiger partial charge in [0.25, 0.3) is 0 Å². The Bertz CT molecular complexity index is 119. The van der Waals surface area contributed by atoms with Crippen LogP contribution in [-0.4, -0.2) is 43.8 Å². The lowest BCUT2D eigenvalue weighted by Gasteiger charge is -2.29. The highest BCUT2D eigenvalue weighted by Gasteiger charge is 2.13. The molecule has 3 heteroatoms. The Balaban J connectivity index is 3.82. The summed E-state index contributed by atoms with van der Waals surface area (Å²) in [5, 5.41) is 0. The number of nitrogens with zero attached hydrogens (tertiary/aromatic N) is 1. The molecular formula is C10H24N2O. The van der Waals surface area contributed by atoms with E-state index in [1.165, 1.54) is 6.42 Å². The third kappa shape index (κ3) is 5.24. The third-order valence-corrected chi connectivity index (χ3v) is 2.47. The second kappa shape index (κ2) is 7.30. The molecule has 0 saturated carbocycles. The van der Waals surface area contributed by atoms with Crippen LogP contribution in [0, 0.1) is 0 Å². The quantitative estimate of drug-likeness (QED) is 0.650. The summed E-state index contributed by atoms with van der Waals surface area (Å²) in [5.74, 6) is 0. The molecule has 0 heterocycles. The maximum Gasteiger partial charge on any atom is 0.0626 e. The van der Waals surface area contributed by atoms with Crippen molar-refractivity contribution >= 4 is 0 Å². The first-order valence-electron chi connectivity index (χ1n) is 5.14. The minimum Gasteiger partial charge on any atom is -0.383 e. The number of likely N-dealkylation sites (N-methyl/N-ethyl adjacent to an activating group) is 1. The predicted molar refractivity (Wildman–Crippen MR) is 56.9 cm³/mol. The summed E-state index contributed by atoms with van der Waals surface area (Å²) >= 11 is 0. The molecule has 0 saturated heterocycles. The molecule has 0 radical (unpaired) electrons. The molecule has 0 fully saturated rings. The predicted octanol–water partition coefficient (Wildman–Crippen LogP) is 1.08. The second-order valence-electron chi connectivity index (χ2n) is 3.56. The normalized spacial score (nSPS) is 16.2. The van der Waals surface area contributed by atoms with E-state index in [0.29, 0.717) is 12.6 Å². The molecular weight excluding hydrogens is 164 g/mol. The largest absolute Gasteiger partial charge is 0.383 e. The zero-order valence-electron chi connectivity index (χ0n) is 9.42. The molecule has 0 aliphatic heterocycles. The van der Waals surface area contributed by atoms with Crippen LogP contribution in [0.2, 0.25) is 0 Å². The molecule has 2 unspecified atom stereocenters. The Morgan fingerprint density at radius 2 is 2.00 bits per heavy atom. The highest BCUT2D eigenvalue weighted by molar-refractivity contribution is 4.71. The van der Waals surface area contributed by atoms with Crippen LogP contribution in [0.25, 0.3) is 0 Å². The fraction of sp³-hybridized carbons (Fsp3) is 1.00. The van der Waals surface area contributed by atoms with E-state index in [4.69, 9.17) is 10.5 Å². The van der Waals surface area contributed by atoms with Gasteiger partial charge in [-0.1, -0.05) is 13.8 Å². The van der Waals surface area contributed by atoms with E-state index in [1.54, 1.807) is 7.11 Å². The summed E-state index contributed by atoms with van der Waals surface area (Å²) in [5.41, 5.74) is 5.89. The van der Waals surface area contributed by atoms with Crippen LogP contribution in [0.1, 0.15) is 27.2 Å². The third-order valence-electron chi connectivity index (χ3n) is 2.47. The van der Waals surface area contributed by atoms with Gasteiger partial charge in [-0.3, -0.25) is 4.90 Å². The van der Waals surface area contributed by atoms with Crippen molar-refractivity contribution < 1.29 is 4.74 Å². The van der Waals surface area contributed by atoms with E-state index in [2.05, 4.69) is 25.7 Å². The first kappa shape index (κ1) is 12.9. The molecule has 2 N–H and O–H groups in total. The molecule has 0 aromatic carbocycles. The number of nitrogens with two attached hydrogens (primary N) is 1. The van der Waals surface area contributed by atoms with Crippen LogP contribution in [-0.2, 0) is 4.74 Å². The number of ether oxygens (including phenoxy) is 1. The van der Waals surface area contributed by atoms with Crippen molar-refractivity contribution in [1.29, 1.82) is 0 Å². The summed E-state index contributed by atoms with van der Waals surface area (Å²) < 4.78 is 5.01. The van der Waals surface area contributed by atoms with Gasteiger partial charge in [-0.25, -0.2) is 0 Å². The van der Waals surface area contributed by atoms with Crippen LogP contribution >= 0.6 is 0 Å². The van der Waals surface area contributed by atoms with Crippen molar-refractivity contribution in [3.05, 3.63) is 0 Å². The average Bonchev–Trinajstić information content (AvgIpc) is 2.13. The monoisotopic (exact) mass is 188 g/mol. The molecule has 3 nitrogen and oxygen atoms in total. The smallest absolute Gasteiger partial charge is 0.0626 e. The highest BCUT2D eigenvalue weighted by atomic mass is 16.5. The Labute approximate surface area is 82.2 Å². The maximum absolute atomic E-state index is 5.89. The van der Waals surface area contributed by atoms with Crippen molar-refractivity contribution in [2.24, 2.45) is 5.73 Å². The number of hydrogen-bond donors (Lipinski definition) is 1. The van der Waals surface area contributed by atoms with E-state index in [1.807, 2.05) is 0 Å². The van der Waals surface area contributed by atoms with Gasteiger partial charge in [-0.15, -0.1) is 0 Å². The number of methoxy groups -OCH3 is 1. The lowest BCUT2D eigenvalue weighted by molar-refractivity contribution is 0.138. The lowest BCUT2D eigenvalue weighted by Crippen LogP contribution is -2.43. The molecule has 0 amide bonds. The SMILES string of the molecule is CCC(C)N(CC)CC(N)COC. The molecule has 0 rings (SSSR count). The van der Waals surface area contributed by atoms with Gasteiger partial charge in [0.2, 0.25) is 0 Å². The van der Waals surface area contributed by atoms with Crippen molar-refractivity contribution in [2.45, 2.75) is 39.3 Å². The van der Waals surface area contributed by atoms with Crippen LogP contribution in [0.15, 0.2) is 0 Å². The summed E-state index contributed by atoms with van der Waals surface area (Å²) in [6, 6.07) is 0.756. The van der Waals surface area contributed by atoms with Gasteiger partial charge in [0.15, 0.2) is 0 Å². The molecule has 0 aliphatic rings. The first-order valence-corrected chi connectivity index (χ1v) is 5.14. The minimum atomic E-state index is 0.138. The summed E-state index contributed by atoms with van der Waals surface area (Å²) in [4.78, 5) is 2.39. The molecule has 0 bridgehead atoms. The maximum atomic E-state index is 5.89. The summed E-state index contributed by atoms with van der Waals surface area (Å²) in [6.45, 7) is 9.25. The van der Waals surface area contributed by atoms with Gasteiger partial charge in [0, 0.05) is 25.7 Å². The second-order valence-corrected chi connectivity index (χ2v) is 3.56. The molecule has 0 aromatic heterocycles. The van der Waals surface area contributed by atoms with E-state index >= 15 is 0 Å². The zero-order chi connectivity index (χ0) is 10.3. The van der Waals surface area contributed by atoms with Crippen LogP contribution < -0.4 is 5.73 Å². The van der Waals surface area contributed by atoms with E-state index in [0.717, 1.165) is 13.1 Å². The fourth-order valence-electron chi connectivity index (χ4n) is 1.45. The number of hydrogen-bond acceptors (Lipinski definition) is 3. The van der Waals surface area contributed by atoms with Gasteiger partial charge < -0.3 is 10.5 Å². The first-order chi connectivity index (χ1) is 6.15. The topological polar surface area (TPSA) is 38.5 Å². The van der Waals surface area contributed by atoms with Gasteiger partial charge in [0.05, 0.1) is 6.61 Å². The Morgan fingerprint density at radius 1 is 1.38 bits per heavy atom. The molecule has 80 valence electrons. The Hall–Kier alpha value is -0.120. The highest BCUT2D eigenvalue weighted by Crippen LogP contribution is 2.03. The molecule has 0 aromatic rings. The summed E-state index contributed by atoms with van der Waals surface area (Å²) in [7, 11) is 1.69. The Morgan fingerprint density at radius 3 is 2.38 bits per heavy atom. The van der Waals surface area contributed by atoms with Gasteiger partial charge >= 0.3 is 0 Å². The van der Waals surface area contributed by atoms with Gasteiger partial charge in [-0.05, 0) is 19.9 Å². The number of rotatable bonds is 7. The van der Waals surface area contributed by atoms with Gasteiger partial charge in [0.1, 0.15) is 0 Å². The molecule has 0 aliphatic carbocycles. The molecule has 13 heavy (non-hydrogen) atoms.